The van der Waals surface area contributed by atoms with Crippen LogP contribution in [0.4, 0.5) is 26.3 Å². The maximum atomic E-state index is 13.7. The van der Waals surface area contributed by atoms with Crippen LogP contribution in [-0.4, -0.2) is 36.4 Å². The molecule has 3 unspecified atom stereocenters. The number of hydrogen-bond donors (Lipinski definition) is 0. The smallest absolute Gasteiger partial charge is 0.300 e. The van der Waals surface area contributed by atoms with Gasteiger partial charge in [-0.05, 0) is 68.2 Å². The summed E-state index contributed by atoms with van der Waals surface area (Å²) in [6.07, 6.45) is -5.24. The molecule has 8 heteroatoms. The second-order valence-electron chi connectivity index (χ2n) is 10.6. The minimum absolute atomic E-state index is 0.0557. The fourth-order valence-electron chi connectivity index (χ4n) is 5.96. The fraction of sp³-hybridized carbons (Fsp3) is 0.594. The molecule has 1 aliphatic rings. The van der Waals surface area contributed by atoms with Crippen LogP contribution in [0.15, 0.2) is 54.6 Å². The van der Waals surface area contributed by atoms with Crippen LogP contribution in [0, 0.1) is 23.2 Å². The maximum absolute atomic E-state index is 13.7. The lowest BCUT2D eigenvalue weighted by molar-refractivity contribution is -0.231. The van der Waals surface area contributed by atoms with Crippen molar-refractivity contribution >= 4 is 0 Å². The fourth-order valence-corrected chi connectivity index (χ4v) is 5.96. The summed E-state index contributed by atoms with van der Waals surface area (Å²) in [6.45, 7) is 7.70. The number of halogens is 6. The van der Waals surface area contributed by atoms with Crippen LogP contribution in [0.1, 0.15) is 81.9 Å². The molecule has 1 saturated carbocycles. The van der Waals surface area contributed by atoms with Gasteiger partial charge in [-0.1, -0.05) is 74.9 Å². The first-order valence-electron chi connectivity index (χ1n) is 14.3. The van der Waals surface area contributed by atoms with E-state index in [-0.39, 0.29) is 24.8 Å². The second kappa shape index (κ2) is 16.0. The van der Waals surface area contributed by atoms with Crippen LogP contribution < -0.4 is 0 Å². The summed E-state index contributed by atoms with van der Waals surface area (Å²) >= 11 is 0. The Labute approximate surface area is 235 Å². The van der Waals surface area contributed by atoms with Crippen LogP contribution in [0.25, 0.3) is 0 Å². The van der Waals surface area contributed by atoms with Crippen molar-refractivity contribution in [2.45, 2.75) is 96.5 Å². The SMILES string of the molecule is CC#N.CCCN(CCc1ccccc1)C(CC)CCc1ccc(C2C(C(F)(F)F)CCCC2C(F)(F)F)cc1. The Balaban J connectivity index is 0.00000178. The molecule has 0 saturated heterocycles. The lowest BCUT2D eigenvalue weighted by atomic mass is 9.68. The van der Waals surface area contributed by atoms with E-state index in [1.54, 1.807) is 18.2 Å². The third-order valence-corrected chi connectivity index (χ3v) is 7.90. The highest BCUT2D eigenvalue weighted by molar-refractivity contribution is 5.28. The Hall–Kier alpha value is -2.53. The van der Waals surface area contributed by atoms with Gasteiger partial charge >= 0.3 is 12.4 Å². The topological polar surface area (TPSA) is 27.0 Å². The monoisotopic (exact) mass is 568 g/mol. The molecule has 3 atom stereocenters. The highest BCUT2D eigenvalue weighted by Crippen LogP contribution is 2.53. The molecule has 3 rings (SSSR count). The second-order valence-corrected chi connectivity index (χ2v) is 10.6. The highest BCUT2D eigenvalue weighted by atomic mass is 19.4. The normalized spacial score (nSPS) is 20.4. The zero-order valence-electron chi connectivity index (χ0n) is 23.7. The zero-order chi connectivity index (χ0) is 29.8. The number of nitrogens with zero attached hydrogens (tertiary/aromatic N) is 2. The molecule has 2 aromatic carbocycles. The van der Waals surface area contributed by atoms with Gasteiger partial charge in [0.1, 0.15) is 0 Å². The summed E-state index contributed by atoms with van der Waals surface area (Å²) in [5.41, 5.74) is 2.39. The van der Waals surface area contributed by atoms with E-state index in [0.29, 0.717) is 6.04 Å². The molecule has 0 bridgehead atoms. The Bertz CT molecular complexity index is 989. The predicted octanol–water partition coefficient (Wildman–Crippen LogP) is 9.51. The molecule has 0 N–H and O–H groups in total. The molecule has 1 fully saturated rings. The number of rotatable bonds is 11. The summed E-state index contributed by atoms with van der Waals surface area (Å²) in [5, 5.41) is 7.32. The first-order chi connectivity index (χ1) is 19.0. The Morgan fingerprint density at radius 1 is 0.825 bits per heavy atom. The van der Waals surface area contributed by atoms with Crippen LogP contribution in [0.5, 0.6) is 0 Å². The van der Waals surface area contributed by atoms with Gasteiger partial charge in [-0.3, -0.25) is 0 Å². The Morgan fingerprint density at radius 3 is 1.82 bits per heavy atom. The minimum Gasteiger partial charge on any atom is -0.300 e. The van der Waals surface area contributed by atoms with Gasteiger partial charge in [-0.25, -0.2) is 0 Å². The number of aryl methyl sites for hydroxylation is 1. The Kier molecular flexibility index (Phi) is 13.5. The van der Waals surface area contributed by atoms with Crippen molar-refractivity contribution in [2.24, 2.45) is 11.8 Å². The Morgan fingerprint density at radius 2 is 1.35 bits per heavy atom. The molecule has 0 radical (unpaired) electrons. The predicted molar refractivity (Wildman–Crippen MR) is 148 cm³/mol. The van der Waals surface area contributed by atoms with Crippen molar-refractivity contribution in [2.75, 3.05) is 13.1 Å². The van der Waals surface area contributed by atoms with Gasteiger partial charge < -0.3 is 4.90 Å². The molecule has 222 valence electrons. The number of hydrogen-bond acceptors (Lipinski definition) is 2. The minimum atomic E-state index is -4.65. The molecule has 40 heavy (non-hydrogen) atoms. The number of benzene rings is 2. The molecule has 0 amide bonds. The van der Waals surface area contributed by atoms with Crippen LogP contribution in [-0.2, 0) is 12.8 Å². The molecule has 0 heterocycles. The van der Waals surface area contributed by atoms with Crippen LogP contribution in [0.3, 0.4) is 0 Å². The van der Waals surface area contributed by atoms with Gasteiger partial charge in [-0.15, -0.1) is 0 Å². The van der Waals surface area contributed by atoms with Gasteiger partial charge in [0.2, 0.25) is 0 Å². The third kappa shape index (κ3) is 10.1. The summed E-state index contributed by atoms with van der Waals surface area (Å²) < 4.78 is 82.2. The van der Waals surface area contributed by atoms with E-state index < -0.39 is 30.1 Å². The summed E-state index contributed by atoms with van der Waals surface area (Å²) in [6, 6.07) is 18.9. The van der Waals surface area contributed by atoms with Gasteiger partial charge in [0, 0.05) is 25.4 Å². The zero-order valence-corrected chi connectivity index (χ0v) is 23.7. The molecule has 1 aliphatic carbocycles. The van der Waals surface area contributed by atoms with Crippen LogP contribution >= 0.6 is 0 Å². The lowest BCUT2D eigenvalue weighted by Crippen LogP contribution is -2.42. The van der Waals surface area contributed by atoms with Crippen molar-refractivity contribution < 1.29 is 26.3 Å². The van der Waals surface area contributed by atoms with Gasteiger partial charge in [-0.2, -0.15) is 31.6 Å². The van der Waals surface area contributed by atoms with E-state index >= 15 is 0 Å². The molecule has 0 aromatic heterocycles. The molecule has 2 nitrogen and oxygen atoms in total. The molecular formula is C32H42F6N2. The molecule has 2 aromatic rings. The van der Waals surface area contributed by atoms with Gasteiger partial charge in [0.25, 0.3) is 0 Å². The van der Waals surface area contributed by atoms with E-state index in [1.807, 2.05) is 18.2 Å². The molecular weight excluding hydrogens is 526 g/mol. The first kappa shape index (κ1) is 33.7. The van der Waals surface area contributed by atoms with Crippen molar-refractivity contribution in [3.05, 3.63) is 71.3 Å². The number of nitriles is 1. The summed E-state index contributed by atoms with van der Waals surface area (Å²) in [4.78, 5) is 2.51. The maximum Gasteiger partial charge on any atom is 0.392 e. The average Bonchev–Trinajstić information content (AvgIpc) is 2.92. The van der Waals surface area contributed by atoms with E-state index in [1.165, 1.54) is 24.6 Å². The summed E-state index contributed by atoms with van der Waals surface area (Å²) in [7, 11) is 0. The summed E-state index contributed by atoms with van der Waals surface area (Å²) in [5.74, 6) is -5.50. The van der Waals surface area contributed by atoms with E-state index in [9.17, 15) is 26.3 Å². The third-order valence-electron chi connectivity index (χ3n) is 7.90. The average molecular weight is 569 g/mol. The van der Waals surface area contributed by atoms with Gasteiger partial charge in [0.05, 0.1) is 17.9 Å². The van der Waals surface area contributed by atoms with Crippen molar-refractivity contribution in [1.82, 2.24) is 4.90 Å². The van der Waals surface area contributed by atoms with Crippen molar-refractivity contribution in [1.29, 1.82) is 5.26 Å². The molecule has 0 aliphatic heterocycles. The van der Waals surface area contributed by atoms with E-state index in [0.717, 1.165) is 50.8 Å². The van der Waals surface area contributed by atoms with E-state index in [2.05, 4.69) is 30.9 Å². The van der Waals surface area contributed by atoms with Crippen molar-refractivity contribution in [3.63, 3.8) is 0 Å². The van der Waals surface area contributed by atoms with Crippen LogP contribution in [0.2, 0.25) is 0 Å². The molecule has 0 spiro atoms. The van der Waals surface area contributed by atoms with E-state index in [4.69, 9.17) is 5.26 Å². The first-order valence-corrected chi connectivity index (χ1v) is 14.3. The largest absolute Gasteiger partial charge is 0.392 e. The quantitative estimate of drug-likeness (QED) is 0.253. The van der Waals surface area contributed by atoms with Crippen molar-refractivity contribution in [3.8, 4) is 6.07 Å². The van der Waals surface area contributed by atoms with Gasteiger partial charge in [0.15, 0.2) is 0 Å². The number of alkyl halides is 6. The standard InChI is InChI=1S/C30H39F6N.C2H3N/c1-3-20-37(21-19-22-9-6-5-7-10-22)25(4-2)18-15-23-13-16-24(17-14-23)28-26(29(31,32)33)11-8-12-27(28)30(34,35)36;1-2-3/h5-7,9-10,13-14,16-17,25-28H,3-4,8,11-12,15,18-21H2,1-2H3;1H3. The highest BCUT2D eigenvalue weighted by Gasteiger charge is 2.56. The lowest BCUT2D eigenvalue weighted by Gasteiger charge is -2.40.